The lowest BCUT2D eigenvalue weighted by molar-refractivity contribution is -0.150. The third-order valence-electron chi connectivity index (χ3n) is 4.39. The van der Waals surface area contributed by atoms with Gasteiger partial charge < -0.3 is 10.2 Å². The SMILES string of the molecule is O=C1CCC2CN(C(=O)C(F)(F)/C=C/c3ccccc3)CC2N1. The van der Waals surface area contributed by atoms with Gasteiger partial charge >= 0.3 is 5.92 Å². The van der Waals surface area contributed by atoms with Gasteiger partial charge in [0, 0.05) is 19.5 Å². The summed E-state index contributed by atoms with van der Waals surface area (Å²) < 4.78 is 28.3. The lowest BCUT2D eigenvalue weighted by Gasteiger charge is -2.24. The van der Waals surface area contributed by atoms with Crippen molar-refractivity contribution in [3.05, 3.63) is 42.0 Å². The topological polar surface area (TPSA) is 49.4 Å². The number of nitrogens with one attached hydrogen (secondary N) is 1. The lowest BCUT2D eigenvalue weighted by atomic mass is 9.94. The average Bonchev–Trinajstić information content (AvgIpc) is 2.96. The number of fused-ring (bicyclic) bond motifs is 1. The highest BCUT2D eigenvalue weighted by Crippen LogP contribution is 2.29. The smallest absolute Gasteiger partial charge is 0.343 e. The standard InChI is InChI=1S/C17H18F2N2O2/c18-17(19,9-8-12-4-2-1-3-5-12)16(23)21-10-13-6-7-15(22)20-14(13)11-21/h1-5,8-9,13-14H,6-7,10-11H2,(H,20,22)/b9-8+. The first-order valence-corrected chi connectivity index (χ1v) is 7.66. The maximum Gasteiger partial charge on any atom is 0.343 e. The Balaban J connectivity index is 1.67. The van der Waals surface area contributed by atoms with E-state index in [0.717, 1.165) is 4.90 Å². The monoisotopic (exact) mass is 320 g/mol. The van der Waals surface area contributed by atoms with Gasteiger partial charge in [-0.15, -0.1) is 0 Å². The molecule has 23 heavy (non-hydrogen) atoms. The van der Waals surface area contributed by atoms with Crippen LogP contribution >= 0.6 is 0 Å². The van der Waals surface area contributed by atoms with E-state index in [4.69, 9.17) is 0 Å². The van der Waals surface area contributed by atoms with E-state index in [1.54, 1.807) is 30.3 Å². The molecule has 2 heterocycles. The van der Waals surface area contributed by atoms with Gasteiger partial charge in [0.25, 0.3) is 5.91 Å². The molecule has 1 aromatic rings. The van der Waals surface area contributed by atoms with Crippen molar-refractivity contribution in [2.45, 2.75) is 24.8 Å². The molecule has 1 N–H and O–H groups in total. The molecular formula is C17H18F2N2O2. The van der Waals surface area contributed by atoms with Gasteiger partial charge in [0.05, 0.1) is 6.04 Å². The first-order valence-electron chi connectivity index (χ1n) is 7.66. The van der Waals surface area contributed by atoms with Crippen molar-refractivity contribution in [3.8, 4) is 0 Å². The number of piperidine rings is 1. The summed E-state index contributed by atoms with van der Waals surface area (Å²) in [6, 6.07) is 8.46. The molecule has 2 saturated heterocycles. The summed E-state index contributed by atoms with van der Waals surface area (Å²) in [4.78, 5) is 24.7. The summed E-state index contributed by atoms with van der Waals surface area (Å²) in [5.74, 6) is -4.75. The van der Waals surface area contributed by atoms with E-state index in [0.29, 0.717) is 24.5 Å². The summed E-state index contributed by atoms with van der Waals surface area (Å²) >= 11 is 0. The number of rotatable bonds is 3. The van der Waals surface area contributed by atoms with E-state index >= 15 is 0 Å². The Labute approximate surface area is 133 Å². The molecule has 1 aromatic carbocycles. The molecule has 0 aliphatic carbocycles. The van der Waals surface area contributed by atoms with Gasteiger partial charge in [-0.3, -0.25) is 9.59 Å². The number of nitrogens with zero attached hydrogens (tertiary/aromatic N) is 1. The molecular weight excluding hydrogens is 302 g/mol. The number of hydrogen-bond donors (Lipinski definition) is 1. The predicted octanol–water partition coefficient (Wildman–Crippen LogP) is 2.07. The molecule has 2 fully saturated rings. The van der Waals surface area contributed by atoms with Crippen LogP contribution in [0.1, 0.15) is 18.4 Å². The second-order valence-electron chi connectivity index (χ2n) is 6.05. The van der Waals surface area contributed by atoms with Crippen LogP contribution in [0, 0.1) is 5.92 Å². The number of carbonyl (C=O) groups is 2. The van der Waals surface area contributed by atoms with Gasteiger partial charge in [-0.05, 0) is 24.0 Å². The van der Waals surface area contributed by atoms with Gasteiger partial charge in [-0.2, -0.15) is 8.78 Å². The minimum absolute atomic E-state index is 0.0729. The van der Waals surface area contributed by atoms with Crippen LogP contribution in [0.4, 0.5) is 8.78 Å². The molecule has 2 unspecified atom stereocenters. The fourth-order valence-corrected chi connectivity index (χ4v) is 3.14. The number of amides is 2. The normalized spacial score (nSPS) is 24.6. The van der Waals surface area contributed by atoms with Crippen molar-refractivity contribution >= 4 is 17.9 Å². The molecule has 2 aliphatic rings. The van der Waals surface area contributed by atoms with Crippen LogP contribution in [-0.4, -0.2) is 41.8 Å². The molecule has 6 heteroatoms. The van der Waals surface area contributed by atoms with Crippen molar-refractivity contribution in [1.29, 1.82) is 0 Å². The molecule has 0 radical (unpaired) electrons. The molecule has 0 aromatic heterocycles. The zero-order valence-corrected chi connectivity index (χ0v) is 12.5. The van der Waals surface area contributed by atoms with E-state index in [2.05, 4.69) is 5.32 Å². The van der Waals surface area contributed by atoms with Crippen molar-refractivity contribution in [3.63, 3.8) is 0 Å². The zero-order valence-electron chi connectivity index (χ0n) is 12.5. The number of likely N-dealkylation sites (tertiary alicyclic amines) is 1. The molecule has 4 nitrogen and oxygen atoms in total. The first kappa shape index (κ1) is 15.6. The van der Waals surface area contributed by atoms with Crippen molar-refractivity contribution in [1.82, 2.24) is 10.2 Å². The second-order valence-corrected chi connectivity index (χ2v) is 6.05. The average molecular weight is 320 g/mol. The maximum absolute atomic E-state index is 14.1. The van der Waals surface area contributed by atoms with Gasteiger partial charge in [0.2, 0.25) is 5.91 Å². The predicted molar refractivity (Wildman–Crippen MR) is 81.7 cm³/mol. The maximum atomic E-state index is 14.1. The minimum atomic E-state index is -3.55. The highest BCUT2D eigenvalue weighted by molar-refractivity contribution is 5.87. The number of alkyl halides is 2. The molecule has 0 saturated carbocycles. The second kappa shape index (κ2) is 6.10. The number of halogens is 2. The Morgan fingerprint density at radius 3 is 2.74 bits per heavy atom. The van der Waals surface area contributed by atoms with E-state index in [1.807, 2.05) is 0 Å². The van der Waals surface area contributed by atoms with Crippen molar-refractivity contribution < 1.29 is 18.4 Å². The minimum Gasteiger partial charge on any atom is -0.351 e. The number of carbonyl (C=O) groups excluding carboxylic acids is 2. The molecule has 2 aliphatic heterocycles. The first-order chi connectivity index (χ1) is 11.0. The Hall–Kier alpha value is -2.24. The van der Waals surface area contributed by atoms with E-state index < -0.39 is 11.8 Å². The Bertz CT molecular complexity index is 631. The Morgan fingerprint density at radius 1 is 1.26 bits per heavy atom. The van der Waals surface area contributed by atoms with Crippen LogP contribution in [0.2, 0.25) is 0 Å². The highest BCUT2D eigenvalue weighted by atomic mass is 19.3. The van der Waals surface area contributed by atoms with E-state index in [1.165, 1.54) is 6.08 Å². The highest BCUT2D eigenvalue weighted by Gasteiger charge is 2.46. The van der Waals surface area contributed by atoms with Crippen molar-refractivity contribution in [2.75, 3.05) is 13.1 Å². The summed E-state index contributed by atoms with van der Waals surface area (Å²) in [5, 5.41) is 2.78. The Morgan fingerprint density at radius 2 is 2.00 bits per heavy atom. The summed E-state index contributed by atoms with van der Waals surface area (Å²) in [6.45, 7) is 0.433. The Kier molecular flexibility index (Phi) is 4.15. The third kappa shape index (κ3) is 3.41. The van der Waals surface area contributed by atoms with Crippen LogP contribution < -0.4 is 5.32 Å². The molecule has 2 amide bonds. The number of benzene rings is 1. The van der Waals surface area contributed by atoms with E-state index in [9.17, 15) is 18.4 Å². The van der Waals surface area contributed by atoms with Crippen LogP contribution in [-0.2, 0) is 9.59 Å². The summed E-state index contributed by atoms with van der Waals surface area (Å²) in [5.41, 5.74) is 0.613. The fraction of sp³-hybridized carbons (Fsp3) is 0.412. The van der Waals surface area contributed by atoms with Gasteiger partial charge in [0.15, 0.2) is 0 Å². The molecule has 0 bridgehead atoms. The molecule has 3 rings (SSSR count). The zero-order chi connectivity index (χ0) is 16.4. The third-order valence-corrected chi connectivity index (χ3v) is 4.39. The van der Waals surface area contributed by atoms with Crippen molar-refractivity contribution in [2.24, 2.45) is 5.92 Å². The van der Waals surface area contributed by atoms with Crippen LogP contribution in [0.15, 0.2) is 36.4 Å². The van der Waals surface area contributed by atoms with Gasteiger partial charge in [-0.1, -0.05) is 36.4 Å². The van der Waals surface area contributed by atoms with E-state index in [-0.39, 0.29) is 31.0 Å². The largest absolute Gasteiger partial charge is 0.351 e. The van der Waals surface area contributed by atoms with Crippen LogP contribution in [0.3, 0.4) is 0 Å². The van der Waals surface area contributed by atoms with Crippen LogP contribution in [0.25, 0.3) is 6.08 Å². The van der Waals surface area contributed by atoms with Gasteiger partial charge in [-0.25, -0.2) is 0 Å². The summed E-state index contributed by atoms with van der Waals surface area (Å²) in [7, 11) is 0. The molecule has 2 atom stereocenters. The number of hydrogen-bond acceptors (Lipinski definition) is 2. The molecule has 122 valence electrons. The lowest BCUT2D eigenvalue weighted by Crippen LogP contribution is -2.45. The summed E-state index contributed by atoms with van der Waals surface area (Å²) in [6.07, 6.45) is 2.94. The fourth-order valence-electron chi connectivity index (χ4n) is 3.14. The molecule has 0 spiro atoms. The van der Waals surface area contributed by atoms with Crippen LogP contribution in [0.5, 0.6) is 0 Å². The van der Waals surface area contributed by atoms with Gasteiger partial charge in [0.1, 0.15) is 0 Å². The quantitative estimate of drug-likeness (QED) is 0.927.